The summed E-state index contributed by atoms with van der Waals surface area (Å²) in [5, 5.41) is 0. The van der Waals surface area contributed by atoms with Crippen LogP contribution in [0.25, 0.3) is 0 Å². The number of hydrogen-bond acceptors (Lipinski definition) is 0. The molecule has 1 N–H and O–H groups in total. The molecular formula is C12H14BrN2+. The highest BCUT2D eigenvalue weighted by molar-refractivity contribution is 9.10. The van der Waals surface area contributed by atoms with Gasteiger partial charge < -0.3 is 0 Å². The first-order valence-corrected chi connectivity index (χ1v) is 5.90. The first-order valence-electron chi connectivity index (χ1n) is 5.11. The highest BCUT2D eigenvalue weighted by Crippen LogP contribution is 2.11. The number of nitrogens with zero attached hydrogens (tertiary/aromatic N) is 1. The fourth-order valence-electron chi connectivity index (χ4n) is 1.58. The summed E-state index contributed by atoms with van der Waals surface area (Å²) in [6.45, 7) is 1.07. The minimum atomic E-state index is 1.07. The number of hydrogen-bond donors (Lipinski definition) is 1. The maximum Gasteiger partial charge on any atom is 0.241 e. The summed E-state index contributed by atoms with van der Waals surface area (Å²) in [7, 11) is 0. The Bertz CT molecular complexity index is 392. The van der Waals surface area contributed by atoms with Crippen LogP contribution >= 0.6 is 15.9 Å². The van der Waals surface area contributed by atoms with Crippen LogP contribution in [-0.2, 0) is 13.0 Å². The normalized spacial score (nSPS) is 10.5. The van der Waals surface area contributed by atoms with Gasteiger partial charge in [0.25, 0.3) is 0 Å². The quantitative estimate of drug-likeness (QED) is 0.821. The van der Waals surface area contributed by atoms with E-state index in [9.17, 15) is 0 Å². The van der Waals surface area contributed by atoms with Crippen LogP contribution in [-0.4, -0.2) is 4.98 Å². The summed E-state index contributed by atoms with van der Waals surface area (Å²) in [6.07, 6.45) is 8.29. The van der Waals surface area contributed by atoms with Crippen LogP contribution in [0.5, 0.6) is 0 Å². The van der Waals surface area contributed by atoms with Crippen molar-refractivity contribution in [3.63, 3.8) is 0 Å². The standard InChI is InChI=1S/C12H13BrN2/c13-12-5-3-11(4-6-12)2-1-8-15-9-7-14-10-15/h3-7,9-10H,1-2,8H2/p+1. The molecule has 1 heterocycles. The number of H-pyrrole nitrogens is 1. The van der Waals surface area contributed by atoms with Gasteiger partial charge in [-0.2, -0.15) is 0 Å². The van der Waals surface area contributed by atoms with Gasteiger partial charge in [-0.3, -0.25) is 4.98 Å². The molecular weight excluding hydrogens is 252 g/mol. The van der Waals surface area contributed by atoms with Gasteiger partial charge in [-0.05, 0) is 30.5 Å². The van der Waals surface area contributed by atoms with E-state index in [2.05, 4.69) is 55.9 Å². The predicted octanol–water partition coefficient (Wildman–Crippen LogP) is 2.70. The van der Waals surface area contributed by atoms with Gasteiger partial charge in [-0.15, -0.1) is 0 Å². The van der Waals surface area contributed by atoms with E-state index in [-0.39, 0.29) is 0 Å². The molecule has 0 bridgehead atoms. The fourth-order valence-corrected chi connectivity index (χ4v) is 1.84. The molecule has 15 heavy (non-hydrogen) atoms. The Balaban J connectivity index is 1.81. The van der Waals surface area contributed by atoms with Gasteiger partial charge >= 0.3 is 0 Å². The summed E-state index contributed by atoms with van der Waals surface area (Å²) < 4.78 is 3.31. The maximum atomic E-state index is 3.44. The second-order valence-electron chi connectivity index (χ2n) is 3.58. The SMILES string of the molecule is Brc1ccc(CCC[n+]2cc[nH]c2)cc1. The highest BCUT2D eigenvalue weighted by atomic mass is 79.9. The summed E-state index contributed by atoms with van der Waals surface area (Å²) in [5.74, 6) is 0. The molecule has 1 aromatic heterocycles. The van der Waals surface area contributed by atoms with E-state index in [1.807, 2.05) is 12.5 Å². The number of nitrogens with one attached hydrogen (secondary N) is 1. The molecule has 0 aliphatic rings. The van der Waals surface area contributed by atoms with E-state index in [0.717, 1.165) is 17.4 Å². The summed E-state index contributed by atoms with van der Waals surface area (Å²) >= 11 is 3.44. The first-order chi connectivity index (χ1) is 7.34. The Labute approximate surface area is 98.1 Å². The summed E-state index contributed by atoms with van der Waals surface area (Å²) in [6, 6.07) is 8.54. The van der Waals surface area contributed by atoms with Crippen LogP contribution < -0.4 is 4.57 Å². The molecule has 0 unspecified atom stereocenters. The lowest BCUT2D eigenvalue weighted by molar-refractivity contribution is -0.696. The van der Waals surface area contributed by atoms with Crippen LogP contribution in [0.4, 0.5) is 0 Å². The number of aromatic amines is 1. The van der Waals surface area contributed by atoms with Crippen molar-refractivity contribution >= 4 is 15.9 Å². The Hall–Kier alpha value is -1.09. The molecule has 0 saturated carbocycles. The zero-order valence-corrected chi connectivity index (χ0v) is 10.1. The lowest BCUT2D eigenvalue weighted by Gasteiger charge is -1.99. The Kier molecular flexibility index (Phi) is 3.56. The van der Waals surface area contributed by atoms with E-state index in [4.69, 9.17) is 0 Å². The first kappa shape index (κ1) is 10.4. The largest absolute Gasteiger partial charge is 0.250 e. The van der Waals surface area contributed by atoms with Gasteiger partial charge in [-0.1, -0.05) is 28.1 Å². The van der Waals surface area contributed by atoms with Crippen LogP contribution in [0.1, 0.15) is 12.0 Å². The predicted molar refractivity (Wildman–Crippen MR) is 63.5 cm³/mol. The van der Waals surface area contributed by atoms with Crippen LogP contribution in [0.15, 0.2) is 47.5 Å². The third-order valence-electron chi connectivity index (χ3n) is 2.40. The van der Waals surface area contributed by atoms with Crippen molar-refractivity contribution in [3.8, 4) is 0 Å². The van der Waals surface area contributed by atoms with Gasteiger partial charge in [0.15, 0.2) is 0 Å². The molecule has 78 valence electrons. The average molecular weight is 266 g/mol. The van der Waals surface area contributed by atoms with Crippen molar-refractivity contribution in [2.75, 3.05) is 0 Å². The maximum absolute atomic E-state index is 3.44. The minimum absolute atomic E-state index is 1.07. The molecule has 0 spiro atoms. The third kappa shape index (κ3) is 3.20. The Morgan fingerprint density at radius 1 is 1.20 bits per heavy atom. The van der Waals surface area contributed by atoms with E-state index in [1.165, 1.54) is 12.0 Å². The van der Waals surface area contributed by atoms with Crippen molar-refractivity contribution < 1.29 is 4.57 Å². The highest BCUT2D eigenvalue weighted by Gasteiger charge is 1.97. The Morgan fingerprint density at radius 3 is 2.67 bits per heavy atom. The van der Waals surface area contributed by atoms with Gasteiger partial charge in [0, 0.05) is 4.47 Å². The van der Waals surface area contributed by atoms with Crippen LogP contribution in [0.2, 0.25) is 0 Å². The van der Waals surface area contributed by atoms with Crippen molar-refractivity contribution in [2.45, 2.75) is 19.4 Å². The molecule has 0 aliphatic heterocycles. The van der Waals surface area contributed by atoms with E-state index >= 15 is 0 Å². The zero-order chi connectivity index (χ0) is 10.5. The molecule has 1 aromatic carbocycles. The number of aryl methyl sites for hydroxylation is 2. The topological polar surface area (TPSA) is 19.7 Å². The molecule has 2 rings (SSSR count). The van der Waals surface area contributed by atoms with Gasteiger partial charge in [0.1, 0.15) is 12.4 Å². The van der Waals surface area contributed by atoms with Gasteiger partial charge in [0.2, 0.25) is 6.33 Å². The van der Waals surface area contributed by atoms with Crippen molar-refractivity contribution in [1.82, 2.24) is 4.98 Å². The second-order valence-corrected chi connectivity index (χ2v) is 4.50. The monoisotopic (exact) mass is 265 g/mol. The van der Waals surface area contributed by atoms with Crippen molar-refractivity contribution in [1.29, 1.82) is 0 Å². The fraction of sp³-hybridized carbons (Fsp3) is 0.250. The second kappa shape index (κ2) is 5.12. The molecule has 0 radical (unpaired) electrons. The molecule has 0 saturated heterocycles. The van der Waals surface area contributed by atoms with E-state index < -0.39 is 0 Å². The number of rotatable bonds is 4. The molecule has 2 aromatic rings. The molecule has 0 aliphatic carbocycles. The molecule has 0 atom stereocenters. The smallest absolute Gasteiger partial charge is 0.241 e. The summed E-state index contributed by atoms with van der Waals surface area (Å²) in [4.78, 5) is 3.04. The Morgan fingerprint density at radius 2 is 2.00 bits per heavy atom. The third-order valence-corrected chi connectivity index (χ3v) is 2.93. The minimum Gasteiger partial charge on any atom is -0.250 e. The number of aromatic nitrogens is 2. The number of imidazole rings is 1. The lowest BCUT2D eigenvalue weighted by atomic mass is 10.1. The molecule has 0 amide bonds. The number of benzene rings is 1. The average Bonchev–Trinajstić information content (AvgIpc) is 2.74. The van der Waals surface area contributed by atoms with Gasteiger partial charge in [0.05, 0.1) is 6.54 Å². The zero-order valence-electron chi connectivity index (χ0n) is 8.49. The van der Waals surface area contributed by atoms with E-state index in [1.54, 1.807) is 0 Å². The van der Waals surface area contributed by atoms with Crippen LogP contribution in [0.3, 0.4) is 0 Å². The van der Waals surface area contributed by atoms with Crippen molar-refractivity contribution in [3.05, 3.63) is 53.0 Å². The molecule has 0 fully saturated rings. The molecule has 3 heteroatoms. The summed E-state index contributed by atoms with van der Waals surface area (Å²) in [5.41, 5.74) is 1.40. The molecule has 2 nitrogen and oxygen atoms in total. The lowest BCUT2D eigenvalue weighted by Crippen LogP contribution is -2.30. The van der Waals surface area contributed by atoms with Crippen LogP contribution in [0, 0.1) is 0 Å². The van der Waals surface area contributed by atoms with Gasteiger partial charge in [-0.25, -0.2) is 4.57 Å². The van der Waals surface area contributed by atoms with Crippen molar-refractivity contribution in [2.24, 2.45) is 0 Å². The van der Waals surface area contributed by atoms with E-state index in [0.29, 0.717) is 0 Å². The number of halogens is 1.